The number of carbonyl (C=O) groups is 1. The van der Waals surface area contributed by atoms with Gasteiger partial charge in [0.25, 0.3) is 0 Å². The lowest BCUT2D eigenvalue weighted by molar-refractivity contribution is -0.120. The maximum absolute atomic E-state index is 14.1. The molecule has 5 heterocycles. The number of nitrogens with one attached hydrogen (secondary N) is 1. The summed E-state index contributed by atoms with van der Waals surface area (Å²) >= 11 is 0. The first-order valence-corrected chi connectivity index (χ1v) is 11.6. The van der Waals surface area contributed by atoms with E-state index in [0.29, 0.717) is 53.6 Å². The van der Waals surface area contributed by atoms with E-state index in [1.807, 2.05) is 36.6 Å². The maximum Gasteiger partial charge on any atom is 0.227 e. The Balaban J connectivity index is 1.55. The first kappa shape index (κ1) is 22.1. The van der Waals surface area contributed by atoms with Crippen LogP contribution >= 0.6 is 0 Å². The predicted octanol–water partition coefficient (Wildman–Crippen LogP) is 5.53. The van der Waals surface area contributed by atoms with Crippen LogP contribution in [0, 0.1) is 25.5 Å². The first-order valence-electron chi connectivity index (χ1n) is 11.6. The molecule has 1 N–H and O–H groups in total. The molecule has 0 radical (unpaired) electrons. The van der Waals surface area contributed by atoms with E-state index in [0.717, 1.165) is 29.0 Å². The quantitative estimate of drug-likeness (QED) is 0.359. The molecule has 0 aliphatic carbocycles. The third kappa shape index (κ3) is 3.48. The van der Waals surface area contributed by atoms with Crippen molar-refractivity contribution >= 4 is 17.2 Å². The van der Waals surface area contributed by atoms with E-state index in [1.165, 1.54) is 11.0 Å². The van der Waals surface area contributed by atoms with Gasteiger partial charge >= 0.3 is 0 Å². The predicted molar refractivity (Wildman–Crippen MR) is 128 cm³/mol. The van der Waals surface area contributed by atoms with Gasteiger partial charge in [-0.1, -0.05) is 5.16 Å². The molecule has 0 unspecified atom stereocenters. The molecule has 8 nitrogen and oxygen atoms in total. The molecule has 0 spiro atoms. The van der Waals surface area contributed by atoms with Gasteiger partial charge in [0.2, 0.25) is 5.91 Å². The van der Waals surface area contributed by atoms with Crippen molar-refractivity contribution in [2.24, 2.45) is 0 Å². The lowest BCUT2D eigenvalue weighted by Crippen LogP contribution is -2.38. The van der Waals surface area contributed by atoms with Gasteiger partial charge in [-0.25, -0.2) is 18.7 Å². The Bertz CT molecular complexity index is 1580. The fourth-order valence-electron chi connectivity index (χ4n) is 5.06. The van der Waals surface area contributed by atoms with Crippen molar-refractivity contribution in [3.05, 3.63) is 77.7 Å². The molecule has 5 aromatic rings. The molecule has 1 aliphatic rings. The molecule has 0 saturated carbocycles. The molecule has 182 valence electrons. The number of benzene rings is 1. The molecule has 0 bridgehead atoms. The number of amides is 1. The Morgan fingerprint density at radius 3 is 2.72 bits per heavy atom. The van der Waals surface area contributed by atoms with Crippen molar-refractivity contribution in [2.45, 2.75) is 39.2 Å². The molecule has 10 heteroatoms. The number of aromatic amines is 1. The van der Waals surface area contributed by atoms with Gasteiger partial charge in [-0.2, -0.15) is 0 Å². The highest BCUT2D eigenvalue weighted by molar-refractivity contribution is 5.95. The molecule has 6 rings (SSSR count). The standard InChI is InChI=1S/C26H22F2N6O2/c1-14-23(15(2)36-32-14)16-8-11-33-21(12-16)31-24(25(33)26-29-9-10-30-26)20-4-3-5-22(35)34(20)17-6-7-18(27)19(28)13-17/h6-13,20H,3-5H2,1-2H3,(H,29,30)/t20-/m0/s1. The minimum atomic E-state index is -1.00. The van der Waals surface area contributed by atoms with E-state index in [9.17, 15) is 13.6 Å². The van der Waals surface area contributed by atoms with Gasteiger partial charge in [0.15, 0.2) is 17.5 Å². The van der Waals surface area contributed by atoms with Crippen molar-refractivity contribution in [1.29, 1.82) is 0 Å². The number of nitrogens with zero attached hydrogens (tertiary/aromatic N) is 5. The number of halogens is 2. The van der Waals surface area contributed by atoms with Gasteiger partial charge < -0.3 is 14.4 Å². The van der Waals surface area contributed by atoms with E-state index in [4.69, 9.17) is 9.51 Å². The van der Waals surface area contributed by atoms with Gasteiger partial charge in [-0.3, -0.25) is 9.20 Å². The van der Waals surface area contributed by atoms with E-state index in [-0.39, 0.29) is 5.91 Å². The number of imidazole rings is 2. The Kier molecular flexibility index (Phi) is 5.17. The number of piperidine rings is 1. The van der Waals surface area contributed by atoms with Gasteiger partial charge in [0.1, 0.15) is 17.1 Å². The van der Waals surface area contributed by atoms with E-state index in [2.05, 4.69) is 15.1 Å². The number of aryl methyl sites for hydroxylation is 2. The zero-order chi connectivity index (χ0) is 25.0. The number of anilines is 1. The molecule has 1 saturated heterocycles. The van der Waals surface area contributed by atoms with Crippen LogP contribution in [0.3, 0.4) is 0 Å². The Morgan fingerprint density at radius 1 is 1.14 bits per heavy atom. The van der Waals surface area contributed by atoms with Crippen LogP contribution in [-0.4, -0.2) is 30.4 Å². The number of H-pyrrole nitrogens is 1. The van der Waals surface area contributed by atoms with Gasteiger partial charge in [0, 0.05) is 42.3 Å². The molecule has 1 aliphatic heterocycles. The summed E-state index contributed by atoms with van der Waals surface area (Å²) in [5.41, 5.74) is 4.85. The number of pyridine rings is 1. The Labute approximate surface area is 204 Å². The number of carbonyl (C=O) groups excluding carboxylic acids is 1. The molecule has 4 aromatic heterocycles. The van der Waals surface area contributed by atoms with E-state index in [1.54, 1.807) is 12.4 Å². The second kappa shape index (κ2) is 8.40. The molecule has 1 fully saturated rings. The zero-order valence-corrected chi connectivity index (χ0v) is 19.6. The minimum absolute atomic E-state index is 0.170. The second-order valence-electron chi connectivity index (χ2n) is 8.90. The summed E-state index contributed by atoms with van der Waals surface area (Å²) in [6.45, 7) is 3.74. The molecular formula is C26H22F2N6O2. The highest BCUT2D eigenvalue weighted by Crippen LogP contribution is 2.40. The van der Waals surface area contributed by atoms with Crippen LogP contribution < -0.4 is 4.90 Å². The van der Waals surface area contributed by atoms with Crippen molar-refractivity contribution < 1.29 is 18.1 Å². The lowest BCUT2D eigenvalue weighted by atomic mass is 9.96. The average Bonchev–Trinajstić information content (AvgIpc) is 3.59. The second-order valence-corrected chi connectivity index (χ2v) is 8.90. The number of aromatic nitrogens is 5. The lowest BCUT2D eigenvalue weighted by Gasteiger charge is -2.35. The monoisotopic (exact) mass is 488 g/mol. The van der Waals surface area contributed by atoms with Crippen LogP contribution in [0.2, 0.25) is 0 Å². The van der Waals surface area contributed by atoms with Crippen LogP contribution in [0.1, 0.15) is 42.5 Å². The molecule has 36 heavy (non-hydrogen) atoms. The maximum atomic E-state index is 14.1. The van der Waals surface area contributed by atoms with Gasteiger partial charge in [0.05, 0.1) is 17.4 Å². The summed E-state index contributed by atoms with van der Waals surface area (Å²) in [5.74, 6) is -0.843. The van der Waals surface area contributed by atoms with Crippen LogP contribution in [0.25, 0.3) is 28.3 Å². The molecule has 1 aromatic carbocycles. The molecule has 1 atom stereocenters. The first-order chi connectivity index (χ1) is 17.4. The summed E-state index contributed by atoms with van der Waals surface area (Å²) < 4.78 is 35.1. The van der Waals surface area contributed by atoms with Crippen LogP contribution in [-0.2, 0) is 4.79 Å². The number of fused-ring (bicyclic) bond motifs is 1. The summed E-state index contributed by atoms with van der Waals surface area (Å²) in [5, 5.41) is 4.06. The SMILES string of the molecule is Cc1noc(C)c1-c1ccn2c(-c3ncc[nH]3)c([C@@H]3CCCC(=O)N3c3ccc(F)c(F)c3)nc2c1. The van der Waals surface area contributed by atoms with Crippen LogP contribution in [0.5, 0.6) is 0 Å². The third-order valence-corrected chi connectivity index (χ3v) is 6.64. The van der Waals surface area contributed by atoms with Crippen molar-refractivity contribution in [1.82, 2.24) is 24.5 Å². The van der Waals surface area contributed by atoms with E-state index < -0.39 is 17.7 Å². The molecular weight excluding hydrogens is 466 g/mol. The summed E-state index contributed by atoms with van der Waals surface area (Å²) in [7, 11) is 0. The minimum Gasteiger partial charge on any atom is -0.361 e. The largest absolute Gasteiger partial charge is 0.361 e. The normalized spacial score (nSPS) is 16.3. The molecule has 1 amide bonds. The fraction of sp³-hybridized carbons (Fsp3) is 0.231. The Hall–Kier alpha value is -4.34. The summed E-state index contributed by atoms with van der Waals surface area (Å²) in [4.78, 5) is 27.2. The average molecular weight is 488 g/mol. The van der Waals surface area contributed by atoms with Crippen LogP contribution in [0.15, 0.2) is 53.4 Å². The topological polar surface area (TPSA) is 92.3 Å². The zero-order valence-electron chi connectivity index (χ0n) is 19.6. The number of hydrogen-bond acceptors (Lipinski definition) is 5. The summed E-state index contributed by atoms with van der Waals surface area (Å²) in [6.07, 6.45) is 6.84. The highest BCUT2D eigenvalue weighted by Gasteiger charge is 2.35. The summed E-state index contributed by atoms with van der Waals surface area (Å²) in [6, 6.07) is 6.93. The third-order valence-electron chi connectivity index (χ3n) is 6.64. The van der Waals surface area contributed by atoms with Crippen molar-refractivity contribution in [3.8, 4) is 22.6 Å². The smallest absolute Gasteiger partial charge is 0.227 e. The number of rotatable bonds is 4. The van der Waals surface area contributed by atoms with E-state index >= 15 is 0 Å². The van der Waals surface area contributed by atoms with Crippen LogP contribution in [0.4, 0.5) is 14.5 Å². The number of hydrogen-bond donors (Lipinski definition) is 1. The fourth-order valence-corrected chi connectivity index (χ4v) is 5.06. The highest BCUT2D eigenvalue weighted by atomic mass is 19.2. The van der Waals surface area contributed by atoms with Crippen molar-refractivity contribution in [2.75, 3.05) is 4.90 Å². The van der Waals surface area contributed by atoms with Gasteiger partial charge in [-0.05, 0) is 56.5 Å². The Morgan fingerprint density at radius 2 is 2.00 bits per heavy atom. The van der Waals surface area contributed by atoms with Crippen molar-refractivity contribution in [3.63, 3.8) is 0 Å². The van der Waals surface area contributed by atoms with Gasteiger partial charge in [-0.15, -0.1) is 0 Å².